The number of hydrogen-bond donors (Lipinski definition) is 2. The summed E-state index contributed by atoms with van der Waals surface area (Å²) in [6.07, 6.45) is 4.57. The van der Waals surface area contributed by atoms with Crippen molar-refractivity contribution >= 4 is 22.7 Å². The Morgan fingerprint density at radius 2 is 1.94 bits per heavy atom. The summed E-state index contributed by atoms with van der Waals surface area (Å²) in [5.74, 6) is -0.00991. The van der Waals surface area contributed by atoms with E-state index in [9.17, 15) is 14.4 Å². The molecule has 3 aromatic rings. The summed E-state index contributed by atoms with van der Waals surface area (Å²) < 4.78 is 11.6. The SMILES string of the molecule is COc1cc2ncn(CC(=O)N[C@@H](C)C(=O)NCc3cccnc3)c(=O)c2cc1OC. The molecule has 0 radical (unpaired) electrons. The van der Waals surface area contributed by atoms with Gasteiger partial charge in [0.1, 0.15) is 12.6 Å². The lowest BCUT2D eigenvalue weighted by molar-refractivity contribution is -0.129. The number of aromatic nitrogens is 3. The highest BCUT2D eigenvalue weighted by Crippen LogP contribution is 2.29. The van der Waals surface area contributed by atoms with Gasteiger partial charge in [0.2, 0.25) is 11.8 Å². The molecule has 0 unspecified atom stereocenters. The Hall–Kier alpha value is -3.95. The van der Waals surface area contributed by atoms with E-state index in [4.69, 9.17) is 9.47 Å². The summed E-state index contributed by atoms with van der Waals surface area (Å²) in [5.41, 5.74) is 0.854. The van der Waals surface area contributed by atoms with Crippen LogP contribution in [0.3, 0.4) is 0 Å². The molecule has 3 rings (SSSR count). The van der Waals surface area contributed by atoms with Gasteiger partial charge < -0.3 is 20.1 Å². The third-order valence-electron chi connectivity index (χ3n) is 4.60. The average molecular weight is 425 g/mol. The summed E-state index contributed by atoms with van der Waals surface area (Å²) in [5, 5.41) is 5.60. The van der Waals surface area contributed by atoms with Crippen molar-refractivity contribution in [1.29, 1.82) is 0 Å². The number of ether oxygens (including phenoxy) is 2. The number of carbonyl (C=O) groups excluding carboxylic acids is 2. The number of pyridine rings is 1. The molecule has 0 spiro atoms. The topological polar surface area (TPSA) is 124 Å². The van der Waals surface area contributed by atoms with Gasteiger partial charge in [-0.15, -0.1) is 0 Å². The molecule has 31 heavy (non-hydrogen) atoms. The largest absolute Gasteiger partial charge is 0.493 e. The molecule has 1 aromatic carbocycles. The zero-order valence-electron chi connectivity index (χ0n) is 17.4. The maximum absolute atomic E-state index is 12.8. The second-order valence-electron chi connectivity index (χ2n) is 6.77. The van der Waals surface area contributed by atoms with Gasteiger partial charge >= 0.3 is 0 Å². The first-order valence-electron chi connectivity index (χ1n) is 9.50. The second kappa shape index (κ2) is 9.70. The van der Waals surface area contributed by atoms with Crippen molar-refractivity contribution < 1.29 is 19.1 Å². The van der Waals surface area contributed by atoms with Gasteiger partial charge in [-0.2, -0.15) is 0 Å². The van der Waals surface area contributed by atoms with Crippen LogP contribution in [0.15, 0.2) is 47.8 Å². The lowest BCUT2D eigenvalue weighted by Crippen LogP contribution is -2.46. The van der Waals surface area contributed by atoms with E-state index < -0.39 is 17.5 Å². The van der Waals surface area contributed by atoms with Gasteiger partial charge in [-0.1, -0.05) is 6.07 Å². The molecule has 0 aliphatic rings. The Morgan fingerprint density at radius 3 is 2.61 bits per heavy atom. The molecule has 0 aliphatic carbocycles. The number of benzene rings is 1. The lowest BCUT2D eigenvalue weighted by Gasteiger charge is -2.15. The monoisotopic (exact) mass is 425 g/mol. The van der Waals surface area contributed by atoms with Crippen molar-refractivity contribution in [2.75, 3.05) is 14.2 Å². The van der Waals surface area contributed by atoms with E-state index in [1.165, 1.54) is 31.2 Å². The fourth-order valence-corrected chi connectivity index (χ4v) is 2.95. The minimum atomic E-state index is -0.780. The zero-order chi connectivity index (χ0) is 22.4. The molecule has 2 amide bonds. The normalized spacial score (nSPS) is 11.6. The van der Waals surface area contributed by atoms with Gasteiger partial charge in [0, 0.05) is 25.0 Å². The molecule has 0 saturated heterocycles. The van der Waals surface area contributed by atoms with Crippen LogP contribution < -0.4 is 25.7 Å². The fourth-order valence-electron chi connectivity index (χ4n) is 2.95. The average Bonchev–Trinajstić information content (AvgIpc) is 2.79. The van der Waals surface area contributed by atoms with Crippen LogP contribution in [0.5, 0.6) is 11.5 Å². The maximum Gasteiger partial charge on any atom is 0.261 e. The van der Waals surface area contributed by atoms with Crippen LogP contribution in [0, 0.1) is 0 Å². The van der Waals surface area contributed by atoms with Crippen molar-refractivity contribution in [3.63, 3.8) is 0 Å². The molecule has 1 atom stereocenters. The van der Waals surface area contributed by atoms with Crippen LogP contribution in [0.25, 0.3) is 10.9 Å². The number of nitrogens with one attached hydrogen (secondary N) is 2. The van der Waals surface area contributed by atoms with Gasteiger partial charge in [-0.25, -0.2) is 4.98 Å². The minimum absolute atomic E-state index is 0.281. The Morgan fingerprint density at radius 1 is 1.19 bits per heavy atom. The van der Waals surface area contributed by atoms with Crippen LogP contribution in [-0.4, -0.2) is 46.6 Å². The highest BCUT2D eigenvalue weighted by molar-refractivity contribution is 5.87. The second-order valence-corrected chi connectivity index (χ2v) is 6.77. The first-order chi connectivity index (χ1) is 14.9. The van der Waals surface area contributed by atoms with Crippen molar-refractivity contribution in [3.05, 3.63) is 58.9 Å². The first kappa shape index (κ1) is 21.8. The quantitative estimate of drug-likeness (QED) is 0.542. The van der Waals surface area contributed by atoms with E-state index in [0.717, 1.165) is 5.56 Å². The van der Waals surface area contributed by atoms with Crippen molar-refractivity contribution in [3.8, 4) is 11.5 Å². The zero-order valence-corrected chi connectivity index (χ0v) is 17.4. The lowest BCUT2D eigenvalue weighted by atomic mass is 10.2. The molecule has 162 valence electrons. The summed E-state index contributed by atoms with van der Waals surface area (Å²) >= 11 is 0. The molecule has 10 nitrogen and oxygen atoms in total. The number of carbonyl (C=O) groups is 2. The van der Waals surface area contributed by atoms with Crippen LogP contribution in [0.2, 0.25) is 0 Å². The van der Waals surface area contributed by atoms with Crippen molar-refractivity contribution in [2.24, 2.45) is 0 Å². The van der Waals surface area contributed by atoms with Crippen LogP contribution >= 0.6 is 0 Å². The Bertz CT molecular complexity index is 1150. The number of amides is 2. The highest BCUT2D eigenvalue weighted by Gasteiger charge is 2.17. The standard InChI is InChI=1S/C21H23N5O5/c1-13(20(28)23-10-14-5-4-6-22-9-14)25-19(27)11-26-12-24-16-8-18(31-3)17(30-2)7-15(16)21(26)29/h4-9,12-13H,10-11H2,1-3H3,(H,23,28)(H,25,27)/t13-/m0/s1. The van der Waals surface area contributed by atoms with E-state index in [2.05, 4.69) is 20.6 Å². The number of rotatable bonds is 8. The number of nitrogens with zero attached hydrogens (tertiary/aromatic N) is 3. The smallest absolute Gasteiger partial charge is 0.261 e. The van der Waals surface area contributed by atoms with Gasteiger partial charge in [0.15, 0.2) is 11.5 Å². The summed E-state index contributed by atoms with van der Waals surface area (Å²) in [7, 11) is 2.95. The third-order valence-corrected chi connectivity index (χ3v) is 4.60. The minimum Gasteiger partial charge on any atom is -0.493 e. The number of hydrogen-bond acceptors (Lipinski definition) is 7. The van der Waals surface area contributed by atoms with E-state index >= 15 is 0 Å². The molecular weight excluding hydrogens is 402 g/mol. The van der Waals surface area contributed by atoms with Gasteiger partial charge in [0.25, 0.3) is 5.56 Å². The van der Waals surface area contributed by atoms with Gasteiger partial charge in [-0.3, -0.25) is 23.9 Å². The molecule has 2 heterocycles. The molecule has 10 heteroatoms. The van der Waals surface area contributed by atoms with Crippen LogP contribution in [0.1, 0.15) is 12.5 Å². The van der Waals surface area contributed by atoms with Crippen LogP contribution in [0.4, 0.5) is 0 Å². The summed E-state index contributed by atoms with van der Waals surface area (Å²) in [6, 6.07) is 5.94. The number of fused-ring (bicyclic) bond motifs is 1. The van der Waals surface area contributed by atoms with Gasteiger partial charge in [-0.05, 0) is 24.6 Å². The Kier molecular flexibility index (Phi) is 6.81. The molecule has 0 fully saturated rings. The van der Waals surface area contributed by atoms with Crippen molar-refractivity contribution in [2.45, 2.75) is 26.1 Å². The molecule has 0 saturated carbocycles. The van der Waals surface area contributed by atoms with Gasteiger partial charge in [0.05, 0.1) is 31.4 Å². The predicted octanol–water partition coefficient (Wildman–Crippen LogP) is 0.630. The molecular formula is C21H23N5O5. The Labute approximate surface area is 178 Å². The van der Waals surface area contributed by atoms with E-state index in [-0.39, 0.29) is 17.8 Å². The Balaban J connectivity index is 1.66. The molecule has 2 aromatic heterocycles. The van der Waals surface area contributed by atoms with E-state index in [0.29, 0.717) is 23.6 Å². The van der Waals surface area contributed by atoms with E-state index in [1.54, 1.807) is 31.5 Å². The summed E-state index contributed by atoms with van der Waals surface area (Å²) in [6.45, 7) is 1.58. The fraction of sp³-hybridized carbons (Fsp3) is 0.286. The third kappa shape index (κ3) is 5.16. The van der Waals surface area contributed by atoms with Crippen molar-refractivity contribution in [1.82, 2.24) is 25.2 Å². The summed E-state index contributed by atoms with van der Waals surface area (Å²) in [4.78, 5) is 45.6. The van der Waals surface area contributed by atoms with E-state index in [1.807, 2.05) is 6.07 Å². The molecule has 2 N–H and O–H groups in total. The van der Waals surface area contributed by atoms with Crippen LogP contribution in [-0.2, 0) is 22.7 Å². The highest BCUT2D eigenvalue weighted by atomic mass is 16.5. The molecule has 0 aliphatic heterocycles. The molecule has 0 bridgehead atoms. The maximum atomic E-state index is 12.8. The number of methoxy groups -OCH3 is 2. The first-order valence-corrected chi connectivity index (χ1v) is 9.50. The predicted molar refractivity (Wildman–Crippen MR) is 113 cm³/mol.